The van der Waals surface area contributed by atoms with Crippen molar-refractivity contribution >= 4 is 16.9 Å². The number of hydrogen-bond donors (Lipinski definition) is 0. The van der Waals surface area contributed by atoms with Gasteiger partial charge >= 0.3 is 0 Å². The van der Waals surface area contributed by atoms with E-state index in [1.807, 2.05) is 38.4 Å². The van der Waals surface area contributed by atoms with E-state index in [0.717, 1.165) is 18.5 Å². The highest BCUT2D eigenvalue weighted by atomic mass is 16.5. The number of amides is 1. The summed E-state index contributed by atoms with van der Waals surface area (Å²) in [7, 11) is 3.99. The molecule has 0 saturated carbocycles. The molecule has 160 valence electrons. The second-order valence-corrected chi connectivity index (χ2v) is 7.90. The summed E-state index contributed by atoms with van der Waals surface area (Å²) in [5.74, 6) is 0.548. The molecule has 0 unspecified atom stereocenters. The van der Waals surface area contributed by atoms with Crippen LogP contribution >= 0.6 is 0 Å². The van der Waals surface area contributed by atoms with Crippen molar-refractivity contribution in [3.05, 3.63) is 88.3 Å². The SMILES string of the molecule is C=CCOc1cccc([C@@H]2c3c(oc4ccccc4c3=O)C(=O)N2CCCN(C)C)c1. The van der Waals surface area contributed by atoms with E-state index in [2.05, 4.69) is 11.5 Å². The molecule has 2 heterocycles. The second kappa shape index (κ2) is 8.78. The van der Waals surface area contributed by atoms with Gasteiger partial charge in [0.05, 0.1) is 17.0 Å². The molecule has 31 heavy (non-hydrogen) atoms. The van der Waals surface area contributed by atoms with Crippen molar-refractivity contribution in [2.75, 3.05) is 33.8 Å². The molecule has 0 spiro atoms. The van der Waals surface area contributed by atoms with Gasteiger partial charge in [-0.05, 0) is 56.9 Å². The van der Waals surface area contributed by atoms with Crippen molar-refractivity contribution in [3.8, 4) is 5.75 Å². The largest absolute Gasteiger partial charge is 0.490 e. The zero-order chi connectivity index (χ0) is 22.0. The van der Waals surface area contributed by atoms with E-state index in [4.69, 9.17) is 9.15 Å². The van der Waals surface area contributed by atoms with Crippen LogP contribution in [-0.4, -0.2) is 49.5 Å². The Kier molecular flexibility index (Phi) is 5.91. The van der Waals surface area contributed by atoms with Crippen LogP contribution in [0.15, 0.2) is 70.4 Å². The van der Waals surface area contributed by atoms with Gasteiger partial charge in [0, 0.05) is 6.54 Å². The first-order valence-corrected chi connectivity index (χ1v) is 10.4. The van der Waals surface area contributed by atoms with E-state index in [0.29, 0.717) is 35.4 Å². The Morgan fingerprint density at radius 2 is 1.97 bits per heavy atom. The monoisotopic (exact) mass is 418 g/mol. The Hall–Kier alpha value is -3.38. The van der Waals surface area contributed by atoms with Crippen LogP contribution in [0.25, 0.3) is 11.0 Å². The predicted molar refractivity (Wildman–Crippen MR) is 121 cm³/mol. The molecule has 3 aromatic rings. The van der Waals surface area contributed by atoms with Crippen LogP contribution in [0.2, 0.25) is 0 Å². The van der Waals surface area contributed by atoms with E-state index in [9.17, 15) is 9.59 Å². The smallest absolute Gasteiger partial charge is 0.290 e. The summed E-state index contributed by atoms with van der Waals surface area (Å²) < 4.78 is 11.6. The molecule has 6 nitrogen and oxygen atoms in total. The fourth-order valence-corrected chi connectivity index (χ4v) is 4.03. The lowest BCUT2D eigenvalue weighted by Gasteiger charge is -2.26. The van der Waals surface area contributed by atoms with Gasteiger partial charge in [-0.3, -0.25) is 9.59 Å². The summed E-state index contributed by atoms with van der Waals surface area (Å²) >= 11 is 0. The molecule has 4 rings (SSSR count). The maximum atomic E-state index is 13.4. The minimum Gasteiger partial charge on any atom is -0.490 e. The summed E-state index contributed by atoms with van der Waals surface area (Å²) in [4.78, 5) is 30.6. The Bertz CT molecular complexity index is 1180. The van der Waals surface area contributed by atoms with Crippen molar-refractivity contribution in [1.29, 1.82) is 0 Å². The van der Waals surface area contributed by atoms with Gasteiger partial charge in [0.1, 0.15) is 17.9 Å². The van der Waals surface area contributed by atoms with E-state index in [-0.39, 0.29) is 17.1 Å². The van der Waals surface area contributed by atoms with Gasteiger partial charge < -0.3 is 19.0 Å². The fourth-order valence-electron chi connectivity index (χ4n) is 4.03. The summed E-state index contributed by atoms with van der Waals surface area (Å²) in [5, 5.41) is 0.480. The summed E-state index contributed by atoms with van der Waals surface area (Å²) in [5.41, 5.74) is 1.48. The fraction of sp³-hybridized carbons (Fsp3) is 0.280. The van der Waals surface area contributed by atoms with E-state index >= 15 is 0 Å². The van der Waals surface area contributed by atoms with E-state index in [1.54, 1.807) is 35.2 Å². The van der Waals surface area contributed by atoms with Gasteiger partial charge in [0.25, 0.3) is 5.91 Å². The number of nitrogens with zero attached hydrogens (tertiary/aromatic N) is 2. The zero-order valence-electron chi connectivity index (χ0n) is 17.8. The van der Waals surface area contributed by atoms with Crippen LogP contribution in [0.3, 0.4) is 0 Å². The molecule has 1 aliphatic heterocycles. The molecular formula is C25H26N2O4. The summed E-state index contributed by atoms with van der Waals surface area (Å²) in [6, 6.07) is 14.1. The average molecular weight is 418 g/mol. The average Bonchev–Trinajstić information content (AvgIpc) is 3.04. The number of benzene rings is 2. The number of fused-ring (bicyclic) bond motifs is 2. The number of rotatable bonds is 8. The van der Waals surface area contributed by atoms with E-state index in [1.165, 1.54) is 0 Å². The highest BCUT2D eigenvalue weighted by Gasteiger charge is 2.42. The molecule has 0 bridgehead atoms. The van der Waals surface area contributed by atoms with E-state index < -0.39 is 6.04 Å². The summed E-state index contributed by atoms with van der Waals surface area (Å²) in [6.07, 6.45) is 2.46. The second-order valence-electron chi connectivity index (χ2n) is 7.90. The standard InChI is InChI=1S/C25H26N2O4/c1-4-15-30-18-10-7-9-17(16-18)22-21-23(28)19-11-5-6-12-20(19)31-24(21)25(29)27(22)14-8-13-26(2)3/h4-7,9-12,16,22H,1,8,13-15H2,2-3H3/t22-/m1/s1. The van der Waals surface area contributed by atoms with Gasteiger partial charge in [-0.15, -0.1) is 0 Å². The molecule has 1 atom stereocenters. The Labute approximate surface area is 181 Å². The molecule has 0 N–H and O–H groups in total. The molecular weight excluding hydrogens is 392 g/mol. The van der Waals surface area contributed by atoms with Crippen molar-refractivity contribution < 1.29 is 13.9 Å². The lowest BCUT2D eigenvalue weighted by Crippen LogP contribution is -2.32. The van der Waals surface area contributed by atoms with Gasteiger partial charge in [-0.2, -0.15) is 0 Å². The van der Waals surface area contributed by atoms with Crippen molar-refractivity contribution in [2.24, 2.45) is 0 Å². The molecule has 0 saturated heterocycles. The topological polar surface area (TPSA) is 63.0 Å². The van der Waals surface area contributed by atoms with Gasteiger partial charge in [-0.25, -0.2) is 0 Å². The van der Waals surface area contributed by atoms with Crippen LogP contribution in [0.5, 0.6) is 5.75 Å². The first kappa shape index (κ1) is 20.9. The van der Waals surface area contributed by atoms with Crippen LogP contribution in [-0.2, 0) is 0 Å². The number of hydrogen-bond acceptors (Lipinski definition) is 5. The molecule has 0 fully saturated rings. The minimum absolute atomic E-state index is 0.135. The van der Waals surface area contributed by atoms with Crippen molar-refractivity contribution in [1.82, 2.24) is 9.80 Å². The molecule has 2 aromatic carbocycles. The van der Waals surface area contributed by atoms with Crippen LogP contribution in [0.4, 0.5) is 0 Å². The van der Waals surface area contributed by atoms with Crippen LogP contribution in [0, 0.1) is 0 Å². The molecule has 1 amide bonds. The zero-order valence-corrected chi connectivity index (χ0v) is 17.8. The number of ether oxygens (including phenoxy) is 1. The third-order valence-corrected chi connectivity index (χ3v) is 5.42. The third-order valence-electron chi connectivity index (χ3n) is 5.42. The normalized spacial score (nSPS) is 15.5. The minimum atomic E-state index is -0.516. The van der Waals surface area contributed by atoms with Crippen molar-refractivity contribution in [2.45, 2.75) is 12.5 Å². The first-order chi connectivity index (χ1) is 15.0. The lowest BCUT2D eigenvalue weighted by atomic mass is 9.98. The van der Waals surface area contributed by atoms with Gasteiger partial charge in [-0.1, -0.05) is 36.9 Å². The molecule has 1 aromatic heterocycles. The van der Waals surface area contributed by atoms with Crippen LogP contribution in [0.1, 0.15) is 34.1 Å². The maximum Gasteiger partial charge on any atom is 0.290 e. The molecule has 1 aliphatic rings. The first-order valence-electron chi connectivity index (χ1n) is 10.4. The Balaban J connectivity index is 1.83. The molecule has 6 heteroatoms. The summed E-state index contributed by atoms with van der Waals surface area (Å²) in [6.45, 7) is 5.40. The maximum absolute atomic E-state index is 13.4. The lowest BCUT2D eigenvalue weighted by molar-refractivity contribution is 0.0722. The van der Waals surface area contributed by atoms with Gasteiger partial charge in [0.2, 0.25) is 5.76 Å². The number of para-hydroxylation sites is 1. The highest BCUT2D eigenvalue weighted by molar-refractivity contribution is 5.99. The van der Waals surface area contributed by atoms with Crippen molar-refractivity contribution in [3.63, 3.8) is 0 Å². The number of carbonyl (C=O) groups excluding carboxylic acids is 1. The Morgan fingerprint density at radius 1 is 1.16 bits per heavy atom. The molecule has 0 radical (unpaired) electrons. The quantitative estimate of drug-likeness (QED) is 0.520. The van der Waals surface area contributed by atoms with Gasteiger partial charge in [0.15, 0.2) is 5.43 Å². The molecule has 0 aliphatic carbocycles. The number of carbonyl (C=O) groups is 1. The van der Waals surface area contributed by atoms with Crippen LogP contribution < -0.4 is 10.2 Å². The predicted octanol–water partition coefficient (Wildman–Crippen LogP) is 3.85. The Morgan fingerprint density at radius 3 is 2.74 bits per heavy atom. The highest BCUT2D eigenvalue weighted by Crippen LogP contribution is 2.39. The third kappa shape index (κ3) is 3.99.